The fraction of sp³-hybridized carbons (Fsp3) is 0.381. The highest BCUT2D eigenvalue weighted by Gasteiger charge is 2.04. The lowest BCUT2D eigenvalue weighted by Crippen LogP contribution is -2.24. The predicted molar refractivity (Wildman–Crippen MR) is 110 cm³/mol. The van der Waals surface area contributed by atoms with E-state index in [0.717, 1.165) is 35.8 Å². The third-order valence-corrected chi connectivity index (χ3v) is 5.20. The van der Waals surface area contributed by atoms with Crippen molar-refractivity contribution in [3.05, 3.63) is 59.1 Å². The van der Waals surface area contributed by atoms with Gasteiger partial charge in [0, 0.05) is 22.9 Å². The first-order valence-electron chi connectivity index (χ1n) is 9.05. The maximum Gasteiger partial charge on any atom is 0.220 e. The zero-order chi connectivity index (χ0) is 18.6. The molecule has 0 spiro atoms. The minimum Gasteiger partial charge on any atom is -0.494 e. The van der Waals surface area contributed by atoms with Gasteiger partial charge < -0.3 is 10.1 Å². The van der Waals surface area contributed by atoms with Crippen LogP contribution in [0.15, 0.2) is 53.4 Å². The van der Waals surface area contributed by atoms with Crippen molar-refractivity contribution < 1.29 is 9.53 Å². The highest BCUT2D eigenvalue weighted by Crippen LogP contribution is 2.21. The van der Waals surface area contributed by atoms with E-state index in [1.165, 1.54) is 10.5 Å². The number of carbonyl (C=O) groups is 1. The van der Waals surface area contributed by atoms with Crippen LogP contribution in [0.3, 0.4) is 0 Å². The highest BCUT2D eigenvalue weighted by atomic mass is 35.5. The zero-order valence-corrected chi connectivity index (χ0v) is 16.7. The van der Waals surface area contributed by atoms with Crippen molar-refractivity contribution in [1.29, 1.82) is 0 Å². The third-order valence-electron chi connectivity index (χ3n) is 3.85. The molecule has 140 valence electrons. The number of rotatable bonds is 11. The Kier molecular flexibility index (Phi) is 9.43. The van der Waals surface area contributed by atoms with Crippen LogP contribution in [0, 0.1) is 0 Å². The van der Waals surface area contributed by atoms with Gasteiger partial charge in [0.2, 0.25) is 5.91 Å². The summed E-state index contributed by atoms with van der Waals surface area (Å²) in [6, 6.07) is 15.9. The molecule has 1 amide bonds. The topological polar surface area (TPSA) is 38.3 Å². The summed E-state index contributed by atoms with van der Waals surface area (Å²) in [5, 5.41) is 3.75. The van der Waals surface area contributed by atoms with Gasteiger partial charge in [-0.2, -0.15) is 0 Å². The molecule has 0 unspecified atom stereocenters. The van der Waals surface area contributed by atoms with Gasteiger partial charge in [-0.1, -0.05) is 29.8 Å². The number of hydrogen-bond acceptors (Lipinski definition) is 3. The zero-order valence-electron chi connectivity index (χ0n) is 15.2. The lowest BCUT2D eigenvalue weighted by atomic mass is 10.1. The van der Waals surface area contributed by atoms with Gasteiger partial charge in [-0.15, -0.1) is 11.8 Å². The summed E-state index contributed by atoms with van der Waals surface area (Å²) >= 11 is 7.62. The van der Waals surface area contributed by atoms with Crippen molar-refractivity contribution in [2.24, 2.45) is 0 Å². The number of ether oxygens (including phenoxy) is 1. The van der Waals surface area contributed by atoms with Crippen LogP contribution in [0.2, 0.25) is 5.02 Å². The molecule has 0 aromatic heterocycles. The van der Waals surface area contributed by atoms with Crippen LogP contribution in [0.5, 0.6) is 5.75 Å². The summed E-state index contributed by atoms with van der Waals surface area (Å²) in [4.78, 5) is 13.1. The minimum absolute atomic E-state index is 0.125. The van der Waals surface area contributed by atoms with E-state index in [0.29, 0.717) is 19.6 Å². The van der Waals surface area contributed by atoms with Gasteiger partial charge >= 0.3 is 0 Å². The number of nitrogens with one attached hydrogen (secondary N) is 1. The van der Waals surface area contributed by atoms with Gasteiger partial charge in [0.15, 0.2) is 0 Å². The maximum absolute atomic E-state index is 11.9. The van der Waals surface area contributed by atoms with Crippen LogP contribution in [0.1, 0.15) is 31.7 Å². The second kappa shape index (κ2) is 11.9. The first-order chi connectivity index (χ1) is 12.7. The van der Waals surface area contributed by atoms with Crippen molar-refractivity contribution in [3.8, 4) is 5.75 Å². The largest absolute Gasteiger partial charge is 0.494 e. The normalized spacial score (nSPS) is 10.5. The molecular weight excluding hydrogens is 366 g/mol. The van der Waals surface area contributed by atoms with Crippen LogP contribution < -0.4 is 10.1 Å². The summed E-state index contributed by atoms with van der Waals surface area (Å²) in [7, 11) is 0. The molecule has 1 N–H and O–H groups in total. The summed E-state index contributed by atoms with van der Waals surface area (Å²) in [6.07, 6.45) is 3.25. The molecule has 0 fully saturated rings. The number of benzene rings is 2. The standard InChI is InChI=1S/C21H26ClNO2S/c1-2-25-20-9-4-3-7-17(20)8-5-15-23-21(24)10-6-16-26-19-13-11-18(22)12-14-19/h3-4,7,9,11-14H,2,5-6,8,10,15-16H2,1H3,(H,23,24). The Bertz CT molecular complexity index is 676. The summed E-state index contributed by atoms with van der Waals surface area (Å²) < 4.78 is 5.63. The van der Waals surface area contributed by atoms with E-state index in [9.17, 15) is 4.79 Å². The van der Waals surface area contributed by atoms with E-state index in [1.807, 2.05) is 49.4 Å². The van der Waals surface area contributed by atoms with E-state index in [2.05, 4.69) is 11.4 Å². The molecule has 0 aliphatic heterocycles. The molecule has 0 radical (unpaired) electrons. The lowest BCUT2D eigenvalue weighted by Gasteiger charge is -2.10. The second-order valence-electron chi connectivity index (χ2n) is 5.90. The molecule has 0 bridgehead atoms. The molecule has 0 saturated heterocycles. The molecule has 2 aromatic carbocycles. The Morgan fingerprint density at radius 3 is 2.65 bits per heavy atom. The highest BCUT2D eigenvalue weighted by molar-refractivity contribution is 7.99. The Labute approximate surface area is 165 Å². The van der Waals surface area contributed by atoms with Crippen LogP contribution >= 0.6 is 23.4 Å². The van der Waals surface area contributed by atoms with Crippen molar-refractivity contribution in [3.63, 3.8) is 0 Å². The number of thioether (sulfide) groups is 1. The Morgan fingerprint density at radius 2 is 1.88 bits per heavy atom. The number of amides is 1. The van der Waals surface area contributed by atoms with E-state index in [-0.39, 0.29) is 5.91 Å². The van der Waals surface area contributed by atoms with Gasteiger partial charge in [0.25, 0.3) is 0 Å². The molecule has 5 heteroatoms. The molecule has 0 saturated carbocycles. The monoisotopic (exact) mass is 391 g/mol. The van der Waals surface area contributed by atoms with Gasteiger partial charge in [-0.05, 0) is 67.8 Å². The molecular formula is C21H26ClNO2S. The first kappa shape index (κ1) is 20.7. The quantitative estimate of drug-likeness (QED) is 0.414. The summed E-state index contributed by atoms with van der Waals surface area (Å²) in [6.45, 7) is 3.35. The molecule has 0 heterocycles. The third kappa shape index (κ3) is 7.71. The number of carbonyl (C=O) groups excluding carboxylic acids is 1. The van der Waals surface area contributed by atoms with Crippen molar-refractivity contribution in [2.45, 2.75) is 37.5 Å². The van der Waals surface area contributed by atoms with E-state index in [4.69, 9.17) is 16.3 Å². The maximum atomic E-state index is 11.9. The Balaban J connectivity index is 1.57. The van der Waals surface area contributed by atoms with Crippen LogP contribution in [0.4, 0.5) is 0 Å². The molecule has 2 aromatic rings. The number of hydrogen-bond donors (Lipinski definition) is 1. The van der Waals surface area contributed by atoms with Crippen LogP contribution in [0.25, 0.3) is 0 Å². The fourth-order valence-electron chi connectivity index (χ4n) is 2.56. The average Bonchev–Trinajstić information content (AvgIpc) is 2.65. The van der Waals surface area contributed by atoms with Crippen molar-refractivity contribution in [1.82, 2.24) is 5.32 Å². The Morgan fingerprint density at radius 1 is 1.12 bits per heavy atom. The second-order valence-corrected chi connectivity index (χ2v) is 7.50. The number of para-hydroxylation sites is 1. The average molecular weight is 392 g/mol. The van der Waals surface area contributed by atoms with Crippen molar-refractivity contribution >= 4 is 29.3 Å². The molecule has 3 nitrogen and oxygen atoms in total. The summed E-state index contributed by atoms with van der Waals surface area (Å²) in [5.74, 6) is 2.00. The smallest absolute Gasteiger partial charge is 0.220 e. The van der Waals surface area contributed by atoms with Gasteiger partial charge in [0.1, 0.15) is 5.75 Å². The molecule has 2 rings (SSSR count). The van der Waals surface area contributed by atoms with Crippen molar-refractivity contribution in [2.75, 3.05) is 18.9 Å². The fourth-order valence-corrected chi connectivity index (χ4v) is 3.53. The molecule has 26 heavy (non-hydrogen) atoms. The molecule has 0 aliphatic rings. The lowest BCUT2D eigenvalue weighted by molar-refractivity contribution is -0.121. The van der Waals surface area contributed by atoms with Gasteiger partial charge in [-0.3, -0.25) is 4.79 Å². The van der Waals surface area contributed by atoms with E-state index >= 15 is 0 Å². The van der Waals surface area contributed by atoms with Crippen LogP contribution in [-0.2, 0) is 11.2 Å². The number of aryl methyl sites for hydroxylation is 1. The Hall–Kier alpha value is -1.65. The molecule has 0 atom stereocenters. The minimum atomic E-state index is 0.125. The first-order valence-corrected chi connectivity index (χ1v) is 10.4. The summed E-state index contributed by atoms with van der Waals surface area (Å²) in [5.41, 5.74) is 1.20. The van der Waals surface area contributed by atoms with E-state index < -0.39 is 0 Å². The predicted octanol–water partition coefficient (Wildman–Crippen LogP) is 5.36. The van der Waals surface area contributed by atoms with Gasteiger partial charge in [-0.25, -0.2) is 0 Å². The number of halogens is 1. The SMILES string of the molecule is CCOc1ccccc1CCCNC(=O)CCCSc1ccc(Cl)cc1. The molecule has 0 aliphatic carbocycles. The van der Waals surface area contributed by atoms with Gasteiger partial charge in [0.05, 0.1) is 6.61 Å². The van der Waals surface area contributed by atoms with E-state index in [1.54, 1.807) is 11.8 Å². The van der Waals surface area contributed by atoms with Crippen LogP contribution in [-0.4, -0.2) is 24.8 Å².